The molecular formula is C22H20N4O2. The molecule has 0 aliphatic heterocycles. The summed E-state index contributed by atoms with van der Waals surface area (Å²) in [4.78, 5) is 8.89. The number of aromatic nitrogens is 2. The van der Waals surface area contributed by atoms with E-state index in [9.17, 15) is 5.11 Å². The normalized spacial score (nSPS) is 10.6. The van der Waals surface area contributed by atoms with Crippen LogP contribution in [0.2, 0.25) is 0 Å². The van der Waals surface area contributed by atoms with Crippen LogP contribution >= 0.6 is 0 Å². The molecule has 0 bridgehead atoms. The molecule has 0 saturated heterocycles. The van der Waals surface area contributed by atoms with Crippen molar-refractivity contribution in [2.75, 3.05) is 17.7 Å². The quantitative estimate of drug-likeness (QED) is 0.421. The summed E-state index contributed by atoms with van der Waals surface area (Å²) in [7, 11) is 1.63. The standard InChI is InChI=1S/C22H20N4O2/c1-14-13-23-22(26-21(14)24-17-8-5-9-18(12-17)28-2)25-19-10-15-6-3-4-7-16(15)11-20(19)27/h3-13,27H,1-2H3,(H2,23,24,25,26). The number of anilines is 4. The van der Waals surface area contributed by atoms with Gasteiger partial charge in [0.05, 0.1) is 12.8 Å². The molecule has 0 atom stereocenters. The fourth-order valence-corrected chi connectivity index (χ4v) is 2.92. The molecule has 4 aromatic rings. The molecular weight excluding hydrogens is 352 g/mol. The highest BCUT2D eigenvalue weighted by atomic mass is 16.5. The summed E-state index contributed by atoms with van der Waals surface area (Å²) < 4.78 is 5.26. The van der Waals surface area contributed by atoms with Crippen molar-refractivity contribution >= 4 is 33.9 Å². The number of aryl methyl sites for hydroxylation is 1. The lowest BCUT2D eigenvalue weighted by molar-refractivity contribution is 0.415. The van der Waals surface area contributed by atoms with E-state index in [1.54, 1.807) is 19.4 Å². The van der Waals surface area contributed by atoms with Crippen LogP contribution in [0.5, 0.6) is 11.5 Å². The molecule has 1 heterocycles. The summed E-state index contributed by atoms with van der Waals surface area (Å²) in [6.45, 7) is 1.93. The Morgan fingerprint density at radius 3 is 2.50 bits per heavy atom. The van der Waals surface area contributed by atoms with Crippen molar-refractivity contribution in [3.05, 3.63) is 72.4 Å². The van der Waals surface area contributed by atoms with Crippen molar-refractivity contribution in [3.63, 3.8) is 0 Å². The number of rotatable bonds is 5. The van der Waals surface area contributed by atoms with Crippen molar-refractivity contribution in [2.45, 2.75) is 6.92 Å². The van der Waals surface area contributed by atoms with Gasteiger partial charge < -0.3 is 20.5 Å². The largest absolute Gasteiger partial charge is 0.506 e. The first-order valence-corrected chi connectivity index (χ1v) is 8.86. The Hall–Kier alpha value is -3.80. The highest BCUT2D eigenvalue weighted by molar-refractivity contribution is 5.89. The predicted octanol–water partition coefficient (Wildman–Crippen LogP) is 5.14. The molecule has 140 valence electrons. The monoisotopic (exact) mass is 372 g/mol. The molecule has 0 saturated carbocycles. The van der Waals surface area contributed by atoms with Gasteiger partial charge in [-0.05, 0) is 42.0 Å². The summed E-state index contributed by atoms with van der Waals surface area (Å²) in [6.07, 6.45) is 1.73. The number of phenolic OH excluding ortho intramolecular Hbond substituents is 1. The van der Waals surface area contributed by atoms with E-state index in [4.69, 9.17) is 4.74 Å². The van der Waals surface area contributed by atoms with E-state index in [0.717, 1.165) is 27.8 Å². The van der Waals surface area contributed by atoms with Crippen molar-refractivity contribution in [2.24, 2.45) is 0 Å². The molecule has 3 N–H and O–H groups in total. The van der Waals surface area contributed by atoms with Crippen molar-refractivity contribution in [3.8, 4) is 11.5 Å². The van der Waals surface area contributed by atoms with Crippen LogP contribution in [-0.4, -0.2) is 22.2 Å². The third-order valence-electron chi connectivity index (χ3n) is 4.41. The second-order valence-electron chi connectivity index (χ2n) is 6.42. The first-order valence-electron chi connectivity index (χ1n) is 8.86. The minimum atomic E-state index is 0.144. The van der Waals surface area contributed by atoms with Crippen LogP contribution < -0.4 is 15.4 Å². The van der Waals surface area contributed by atoms with Crippen LogP contribution in [-0.2, 0) is 0 Å². The van der Waals surface area contributed by atoms with Gasteiger partial charge in [-0.1, -0.05) is 30.3 Å². The molecule has 0 unspecified atom stereocenters. The van der Waals surface area contributed by atoms with Gasteiger partial charge in [0, 0.05) is 23.5 Å². The molecule has 0 radical (unpaired) electrons. The SMILES string of the molecule is COc1cccc(Nc2nc(Nc3cc4ccccc4cc3O)ncc2C)c1. The van der Waals surface area contributed by atoms with Crippen molar-refractivity contribution in [1.82, 2.24) is 9.97 Å². The zero-order valence-corrected chi connectivity index (χ0v) is 15.6. The lowest BCUT2D eigenvalue weighted by Gasteiger charge is -2.13. The highest BCUT2D eigenvalue weighted by Crippen LogP contribution is 2.31. The second kappa shape index (κ2) is 7.44. The highest BCUT2D eigenvalue weighted by Gasteiger charge is 2.09. The van der Waals surface area contributed by atoms with Gasteiger partial charge in [-0.25, -0.2) is 4.98 Å². The minimum absolute atomic E-state index is 0.144. The number of phenols is 1. The molecule has 4 rings (SSSR count). The van der Waals surface area contributed by atoms with Crippen LogP contribution in [0.3, 0.4) is 0 Å². The predicted molar refractivity (Wildman–Crippen MR) is 112 cm³/mol. The number of ether oxygens (including phenoxy) is 1. The molecule has 0 aliphatic rings. The summed E-state index contributed by atoms with van der Waals surface area (Å²) in [5.41, 5.74) is 2.31. The molecule has 6 nitrogen and oxygen atoms in total. The Balaban J connectivity index is 1.62. The van der Waals surface area contributed by atoms with Gasteiger partial charge in [0.2, 0.25) is 5.95 Å². The number of hydrogen-bond acceptors (Lipinski definition) is 6. The lowest BCUT2D eigenvalue weighted by atomic mass is 10.1. The average Bonchev–Trinajstić information content (AvgIpc) is 2.71. The van der Waals surface area contributed by atoms with Gasteiger partial charge in [-0.2, -0.15) is 4.98 Å². The number of aromatic hydroxyl groups is 1. The first kappa shape index (κ1) is 17.6. The van der Waals surface area contributed by atoms with E-state index in [1.807, 2.05) is 61.5 Å². The van der Waals surface area contributed by atoms with Gasteiger partial charge in [-0.15, -0.1) is 0 Å². The number of nitrogens with one attached hydrogen (secondary N) is 2. The van der Waals surface area contributed by atoms with Gasteiger partial charge in [0.15, 0.2) is 0 Å². The van der Waals surface area contributed by atoms with E-state index in [2.05, 4.69) is 20.6 Å². The maximum Gasteiger partial charge on any atom is 0.229 e. The fraction of sp³-hybridized carbons (Fsp3) is 0.0909. The topological polar surface area (TPSA) is 79.3 Å². The summed E-state index contributed by atoms with van der Waals surface area (Å²) in [6, 6.07) is 19.1. The Labute approximate surface area is 162 Å². The Morgan fingerprint density at radius 1 is 0.929 bits per heavy atom. The van der Waals surface area contributed by atoms with E-state index in [-0.39, 0.29) is 5.75 Å². The zero-order valence-electron chi connectivity index (χ0n) is 15.6. The molecule has 3 aromatic carbocycles. The number of methoxy groups -OCH3 is 1. The van der Waals surface area contributed by atoms with Gasteiger partial charge in [-0.3, -0.25) is 0 Å². The molecule has 0 fully saturated rings. The minimum Gasteiger partial charge on any atom is -0.506 e. The van der Waals surface area contributed by atoms with Crippen LogP contribution in [0.25, 0.3) is 10.8 Å². The number of nitrogens with zero attached hydrogens (tertiary/aromatic N) is 2. The second-order valence-corrected chi connectivity index (χ2v) is 6.42. The third kappa shape index (κ3) is 3.66. The summed E-state index contributed by atoms with van der Waals surface area (Å²) in [5, 5.41) is 18.7. The lowest BCUT2D eigenvalue weighted by Crippen LogP contribution is -2.03. The van der Waals surface area contributed by atoms with Crippen LogP contribution in [0.4, 0.5) is 23.1 Å². The summed E-state index contributed by atoms with van der Waals surface area (Å²) >= 11 is 0. The van der Waals surface area contributed by atoms with Gasteiger partial charge in [0.25, 0.3) is 0 Å². The zero-order chi connectivity index (χ0) is 19.5. The Kier molecular flexibility index (Phi) is 4.68. The molecule has 28 heavy (non-hydrogen) atoms. The maximum absolute atomic E-state index is 10.3. The molecule has 0 spiro atoms. The molecule has 0 amide bonds. The van der Waals surface area contributed by atoms with E-state index < -0.39 is 0 Å². The van der Waals surface area contributed by atoms with Crippen LogP contribution in [0.1, 0.15) is 5.56 Å². The van der Waals surface area contributed by atoms with Gasteiger partial charge in [0.1, 0.15) is 17.3 Å². The molecule has 6 heteroatoms. The molecule has 0 aliphatic carbocycles. The summed E-state index contributed by atoms with van der Waals surface area (Å²) in [5.74, 6) is 1.97. The van der Waals surface area contributed by atoms with E-state index >= 15 is 0 Å². The van der Waals surface area contributed by atoms with E-state index in [0.29, 0.717) is 17.5 Å². The number of hydrogen-bond donors (Lipinski definition) is 3. The number of benzene rings is 3. The average molecular weight is 372 g/mol. The van der Waals surface area contributed by atoms with Crippen LogP contribution in [0, 0.1) is 6.92 Å². The smallest absolute Gasteiger partial charge is 0.229 e. The van der Waals surface area contributed by atoms with E-state index in [1.165, 1.54) is 0 Å². The number of fused-ring (bicyclic) bond motifs is 1. The Bertz CT molecular complexity index is 1140. The van der Waals surface area contributed by atoms with Crippen molar-refractivity contribution in [1.29, 1.82) is 0 Å². The third-order valence-corrected chi connectivity index (χ3v) is 4.41. The van der Waals surface area contributed by atoms with Crippen LogP contribution in [0.15, 0.2) is 66.9 Å². The van der Waals surface area contributed by atoms with Crippen molar-refractivity contribution < 1.29 is 9.84 Å². The first-order chi connectivity index (χ1) is 13.6. The van der Waals surface area contributed by atoms with Gasteiger partial charge >= 0.3 is 0 Å². The Morgan fingerprint density at radius 2 is 1.71 bits per heavy atom. The molecule has 1 aromatic heterocycles. The fourth-order valence-electron chi connectivity index (χ4n) is 2.92. The maximum atomic E-state index is 10.3.